The van der Waals surface area contributed by atoms with E-state index in [2.05, 4.69) is 4.18 Å². The molecule has 0 amide bonds. The van der Waals surface area contributed by atoms with Crippen molar-refractivity contribution in [2.45, 2.75) is 75.5 Å². The van der Waals surface area contributed by atoms with Crippen LogP contribution in [0, 0.1) is 0 Å². The molecule has 15 heteroatoms. The number of hydrogen-bond acceptors (Lipinski definition) is 4. The lowest BCUT2D eigenvalue weighted by molar-refractivity contribution is -0.396. The van der Waals surface area contributed by atoms with Gasteiger partial charge in [-0.1, -0.05) is 32.6 Å². The molecule has 174 valence electrons. The van der Waals surface area contributed by atoms with Gasteiger partial charge >= 0.3 is 29.9 Å². The molecule has 5 nitrogen and oxygen atoms in total. The van der Waals surface area contributed by atoms with Gasteiger partial charge < -0.3 is 5.11 Å². The van der Waals surface area contributed by atoms with Crippen LogP contribution >= 0.6 is 0 Å². The Kier molecular flexibility index (Phi) is 9.29. The fourth-order valence-electron chi connectivity index (χ4n) is 2.01. The van der Waals surface area contributed by atoms with Crippen molar-refractivity contribution in [1.29, 1.82) is 0 Å². The summed E-state index contributed by atoms with van der Waals surface area (Å²) in [7, 11) is -5.26. The predicted octanol–water partition coefficient (Wildman–Crippen LogP) is 4.61. The molecule has 0 saturated carbocycles. The van der Waals surface area contributed by atoms with Crippen molar-refractivity contribution in [1.82, 2.24) is 0 Å². The highest BCUT2D eigenvalue weighted by molar-refractivity contribution is 7.86. The maximum atomic E-state index is 13.4. The van der Waals surface area contributed by atoms with Crippen LogP contribution < -0.4 is 0 Å². The SMILES string of the molecule is CCCCCCC(OS(=O)(=O)CCC(F)(F)C(F)(F)C(F)(F)C(F)(F)F)C(=O)O. The van der Waals surface area contributed by atoms with Crippen LogP contribution in [0.2, 0.25) is 0 Å². The number of unbranched alkanes of at least 4 members (excludes halogenated alkanes) is 3. The first-order valence-corrected chi connectivity index (χ1v) is 9.74. The molecule has 29 heavy (non-hydrogen) atoms. The van der Waals surface area contributed by atoms with Crippen LogP contribution in [-0.4, -0.2) is 55.3 Å². The second-order valence-electron chi connectivity index (χ2n) is 6.14. The number of aliphatic carboxylic acids is 1. The molecule has 0 aliphatic heterocycles. The van der Waals surface area contributed by atoms with E-state index in [4.69, 9.17) is 5.11 Å². The van der Waals surface area contributed by atoms with E-state index < -0.39 is 58.3 Å². The average molecular weight is 470 g/mol. The number of hydrogen-bond donors (Lipinski definition) is 1. The molecular weight excluding hydrogens is 451 g/mol. The second kappa shape index (κ2) is 9.71. The van der Waals surface area contributed by atoms with Gasteiger partial charge in [0.2, 0.25) is 0 Å². The summed E-state index contributed by atoms with van der Waals surface area (Å²) in [5.41, 5.74) is 0. The monoisotopic (exact) mass is 470 g/mol. The van der Waals surface area contributed by atoms with Crippen molar-refractivity contribution >= 4 is 16.1 Å². The predicted molar refractivity (Wildman–Crippen MR) is 80.6 cm³/mol. The van der Waals surface area contributed by atoms with Crippen LogP contribution in [0.4, 0.5) is 39.5 Å². The molecule has 0 aromatic rings. The highest BCUT2D eigenvalue weighted by Crippen LogP contribution is 2.54. The minimum atomic E-state index is -7.14. The lowest BCUT2D eigenvalue weighted by atomic mass is 10.0. The van der Waals surface area contributed by atoms with E-state index in [0.29, 0.717) is 12.8 Å². The molecule has 1 unspecified atom stereocenters. The van der Waals surface area contributed by atoms with Crippen molar-refractivity contribution in [3.8, 4) is 0 Å². The van der Waals surface area contributed by atoms with Gasteiger partial charge in [0.1, 0.15) is 0 Å². The van der Waals surface area contributed by atoms with Gasteiger partial charge in [0, 0.05) is 6.42 Å². The number of alkyl halides is 9. The molecule has 0 aliphatic rings. The van der Waals surface area contributed by atoms with Crippen LogP contribution in [0.25, 0.3) is 0 Å². The van der Waals surface area contributed by atoms with E-state index in [9.17, 15) is 52.7 Å². The van der Waals surface area contributed by atoms with Gasteiger partial charge in [-0.15, -0.1) is 0 Å². The largest absolute Gasteiger partial charge is 0.479 e. The maximum Gasteiger partial charge on any atom is 0.460 e. The third-order valence-electron chi connectivity index (χ3n) is 3.73. The van der Waals surface area contributed by atoms with Gasteiger partial charge in [-0.05, 0) is 6.42 Å². The van der Waals surface area contributed by atoms with Crippen molar-refractivity contribution in [2.75, 3.05) is 5.75 Å². The first kappa shape index (κ1) is 27.8. The van der Waals surface area contributed by atoms with E-state index >= 15 is 0 Å². The Morgan fingerprint density at radius 3 is 1.86 bits per heavy atom. The van der Waals surface area contributed by atoms with E-state index in [0.717, 1.165) is 6.42 Å². The molecule has 0 fully saturated rings. The normalized spacial score (nSPS) is 15.4. The first-order valence-electron chi connectivity index (χ1n) is 8.16. The molecule has 1 atom stereocenters. The van der Waals surface area contributed by atoms with Crippen LogP contribution in [0.5, 0.6) is 0 Å². The molecule has 0 heterocycles. The molecule has 0 aromatic heterocycles. The standard InChI is InChI=1S/C14H19F9O5S/c1-2-3-4-5-6-9(10(24)25)28-29(26,27)8-7-11(15,16)12(17,18)13(19,20)14(21,22)23/h9H,2-8H2,1H3,(H,24,25). The summed E-state index contributed by atoms with van der Waals surface area (Å²) in [6.07, 6.45) is -10.1. The summed E-state index contributed by atoms with van der Waals surface area (Å²) < 4.78 is 142. The highest BCUT2D eigenvalue weighted by atomic mass is 32.2. The summed E-state index contributed by atoms with van der Waals surface area (Å²) in [5, 5.41) is 8.86. The average Bonchev–Trinajstić information content (AvgIpc) is 2.54. The van der Waals surface area contributed by atoms with Gasteiger partial charge in [-0.25, -0.2) is 4.79 Å². The topological polar surface area (TPSA) is 80.7 Å². The van der Waals surface area contributed by atoms with Crippen molar-refractivity contribution in [3.63, 3.8) is 0 Å². The Labute approximate surface area is 160 Å². The third kappa shape index (κ3) is 7.19. The fraction of sp³-hybridized carbons (Fsp3) is 0.929. The van der Waals surface area contributed by atoms with Crippen molar-refractivity contribution in [2.24, 2.45) is 0 Å². The van der Waals surface area contributed by atoms with E-state index in [1.165, 1.54) is 0 Å². The summed E-state index contributed by atoms with van der Waals surface area (Å²) in [5.74, 6) is -24.1. The highest BCUT2D eigenvalue weighted by Gasteiger charge is 2.81. The van der Waals surface area contributed by atoms with Crippen LogP contribution in [0.15, 0.2) is 0 Å². The Hall–Kier alpha value is -1.25. The van der Waals surface area contributed by atoms with Gasteiger partial charge in [-0.2, -0.15) is 47.9 Å². The molecule has 0 rings (SSSR count). The molecule has 0 aliphatic carbocycles. The third-order valence-corrected chi connectivity index (χ3v) is 4.96. The van der Waals surface area contributed by atoms with Gasteiger partial charge in [0.05, 0.1) is 5.75 Å². The number of rotatable bonds is 13. The molecular formula is C14H19F9O5S. The summed E-state index contributed by atoms with van der Waals surface area (Å²) in [4.78, 5) is 11.0. The van der Waals surface area contributed by atoms with E-state index in [1.807, 2.05) is 6.92 Å². The quantitative estimate of drug-likeness (QED) is 0.242. The minimum absolute atomic E-state index is 0.159. The number of carboxylic acids is 1. The molecule has 0 aromatic carbocycles. The zero-order valence-corrected chi connectivity index (χ0v) is 15.7. The molecule has 0 bridgehead atoms. The fourth-order valence-corrected chi connectivity index (χ4v) is 3.15. The van der Waals surface area contributed by atoms with Crippen LogP contribution in [0.3, 0.4) is 0 Å². The van der Waals surface area contributed by atoms with Crippen molar-refractivity contribution in [3.05, 3.63) is 0 Å². The number of carboxylic acid groups (broad SMARTS) is 1. The zero-order chi connectivity index (χ0) is 23.3. The summed E-state index contributed by atoms with van der Waals surface area (Å²) in [6.45, 7) is 1.81. The Balaban J connectivity index is 5.22. The van der Waals surface area contributed by atoms with Gasteiger partial charge in [-0.3, -0.25) is 4.18 Å². The Morgan fingerprint density at radius 2 is 1.45 bits per heavy atom. The van der Waals surface area contributed by atoms with Crippen LogP contribution in [-0.2, 0) is 19.1 Å². The van der Waals surface area contributed by atoms with E-state index in [-0.39, 0.29) is 12.8 Å². The number of carbonyl (C=O) groups is 1. The Bertz CT molecular complexity index is 646. The smallest absolute Gasteiger partial charge is 0.460 e. The minimum Gasteiger partial charge on any atom is -0.479 e. The lowest BCUT2D eigenvalue weighted by Gasteiger charge is -2.33. The second-order valence-corrected chi connectivity index (χ2v) is 7.85. The molecule has 0 saturated heterocycles. The number of halogens is 9. The molecule has 1 N–H and O–H groups in total. The molecule has 0 radical (unpaired) electrons. The van der Waals surface area contributed by atoms with Gasteiger partial charge in [0.15, 0.2) is 6.10 Å². The molecule has 0 spiro atoms. The van der Waals surface area contributed by atoms with Gasteiger partial charge in [0.25, 0.3) is 10.1 Å². The zero-order valence-electron chi connectivity index (χ0n) is 14.9. The lowest BCUT2D eigenvalue weighted by Crippen LogP contribution is -2.61. The summed E-state index contributed by atoms with van der Waals surface area (Å²) >= 11 is 0. The maximum absolute atomic E-state index is 13.4. The van der Waals surface area contributed by atoms with Crippen LogP contribution in [0.1, 0.15) is 45.4 Å². The van der Waals surface area contributed by atoms with E-state index in [1.54, 1.807) is 0 Å². The summed E-state index contributed by atoms with van der Waals surface area (Å²) in [6, 6.07) is 0. The first-order chi connectivity index (χ1) is 12.8. The Morgan fingerprint density at radius 1 is 0.931 bits per heavy atom. The van der Waals surface area contributed by atoms with Crippen molar-refractivity contribution < 1.29 is 62.0 Å².